The number of hydrogen-bond acceptors (Lipinski definition) is 4. The van der Waals surface area contributed by atoms with E-state index >= 15 is 0 Å². The number of carbonyl (C=O) groups is 2. The van der Waals surface area contributed by atoms with Crippen molar-refractivity contribution >= 4 is 67.5 Å². The molecule has 0 unspecified atom stereocenters. The summed E-state index contributed by atoms with van der Waals surface area (Å²) in [4.78, 5) is 26.7. The Morgan fingerprint density at radius 3 is 2.63 bits per heavy atom. The van der Waals surface area contributed by atoms with Crippen LogP contribution in [0.3, 0.4) is 0 Å². The maximum atomic E-state index is 12.7. The summed E-state index contributed by atoms with van der Waals surface area (Å²) < 4.78 is 7.61. The molecule has 3 rings (SSSR count). The molecule has 138 valence electrons. The fourth-order valence-corrected chi connectivity index (χ4v) is 4.03. The summed E-state index contributed by atoms with van der Waals surface area (Å²) in [6, 6.07) is 13.3. The van der Waals surface area contributed by atoms with E-state index in [0.717, 1.165) is 30.9 Å². The first kappa shape index (κ1) is 20.2. The molecule has 7 heteroatoms. The summed E-state index contributed by atoms with van der Waals surface area (Å²) in [5, 5.41) is -0.270. The SMILES string of the molecule is C=CCOc1ccc(Br)cc1/C=C1\SC(=O)N(Cc2ccc(I)cc2)C1=O. The van der Waals surface area contributed by atoms with Crippen molar-refractivity contribution in [2.75, 3.05) is 6.61 Å². The van der Waals surface area contributed by atoms with Crippen molar-refractivity contribution < 1.29 is 14.3 Å². The number of rotatable bonds is 6. The van der Waals surface area contributed by atoms with Crippen molar-refractivity contribution in [3.8, 4) is 5.75 Å². The molecule has 0 aliphatic carbocycles. The molecule has 1 saturated heterocycles. The van der Waals surface area contributed by atoms with Crippen LogP contribution in [-0.2, 0) is 11.3 Å². The summed E-state index contributed by atoms with van der Waals surface area (Å²) in [6.07, 6.45) is 3.35. The topological polar surface area (TPSA) is 46.6 Å². The van der Waals surface area contributed by atoms with E-state index in [1.165, 1.54) is 4.90 Å². The van der Waals surface area contributed by atoms with Gasteiger partial charge in [0.15, 0.2) is 0 Å². The number of imide groups is 1. The second-order valence-corrected chi connectivity index (χ2v) is 8.83. The van der Waals surface area contributed by atoms with E-state index in [-0.39, 0.29) is 17.7 Å². The molecule has 1 heterocycles. The molecule has 1 aliphatic heterocycles. The maximum Gasteiger partial charge on any atom is 0.293 e. The maximum absolute atomic E-state index is 12.7. The van der Waals surface area contributed by atoms with E-state index in [4.69, 9.17) is 4.74 Å². The van der Waals surface area contributed by atoms with Gasteiger partial charge in [0.1, 0.15) is 12.4 Å². The highest BCUT2D eigenvalue weighted by Gasteiger charge is 2.35. The number of nitrogens with zero attached hydrogens (tertiary/aromatic N) is 1. The smallest absolute Gasteiger partial charge is 0.293 e. The van der Waals surface area contributed by atoms with Gasteiger partial charge < -0.3 is 4.74 Å². The molecule has 0 radical (unpaired) electrons. The second-order valence-electron chi connectivity index (χ2n) is 5.68. The number of thioether (sulfide) groups is 1. The molecule has 0 saturated carbocycles. The fourth-order valence-electron chi connectivity index (χ4n) is 2.46. The van der Waals surface area contributed by atoms with Crippen LogP contribution in [0.4, 0.5) is 4.79 Å². The zero-order chi connectivity index (χ0) is 19.4. The highest BCUT2D eigenvalue weighted by Crippen LogP contribution is 2.35. The highest BCUT2D eigenvalue weighted by atomic mass is 127. The van der Waals surface area contributed by atoms with E-state index in [2.05, 4.69) is 45.1 Å². The van der Waals surface area contributed by atoms with Gasteiger partial charge in [0.05, 0.1) is 11.4 Å². The molecule has 2 amide bonds. The van der Waals surface area contributed by atoms with Crippen molar-refractivity contribution in [3.05, 3.63) is 79.2 Å². The van der Waals surface area contributed by atoms with E-state index < -0.39 is 0 Å². The number of hydrogen-bond donors (Lipinski definition) is 0. The fraction of sp³-hybridized carbons (Fsp3) is 0.100. The highest BCUT2D eigenvalue weighted by molar-refractivity contribution is 14.1. The second kappa shape index (κ2) is 9.07. The number of benzene rings is 2. The van der Waals surface area contributed by atoms with Crippen molar-refractivity contribution in [1.82, 2.24) is 4.90 Å². The van der Waals surface area contributed by atoms with Gasteiger partial charge in [-0.15, -0.1) is 0 Å². The minimum atomic E-state index is -0.293. The molecule has 0 atom stereocenters. The van der Waals surface area contributed by atoms with Crippen molar-refractivity contribution in [1.29, 1.82) is 0 Å². The lowest BCUT2D eigenvalue weighted by molar-refractivity contribution is -0.123. The van der Waals surface area contributed by atoms with Crippen LogP contribution in [-0.4, -0.2) is 22.7 Å². The first-order valence-electron chi connectivity index (χ1n) is 8.01. The predicted molar refractivity (Wildman–Crippen MR) is 121 cm³/mol. The average molecular weight is 556 g/mol. The van der Waals surface area contributed by atoms with Crippen molar-refractivity contribution in [3.63, 3.8) is 0 Å². The van der Waals surface area contributed by atoms with Crippen LogP contribution < -0.4 is 4.74 Å². The number of ether oxygens (including phenoxy) is 1. The third-order valence-corrected chi connectivity index (χ3v) is 5.86. The van der Waals surface area contributed by atoms with Crippen LogP contribution in [0.5, 0.6) is 5.75 Å². The Balaban J connectivity index is 1.85. The quantitative estimate of drug-likeness (QED) is 0.255. The summed E-state index contributed by atoms with van der Waals surface area (Å²) in [5.41, 5.74) is 1.64. The lowest BCUT2D eigenvalue weighted by Crippen LogP contribution is -2.27. The Kier molecular flexibility index (Phi) is 6.78. The van der Waals surface area contributed by atoms with Gasteiger partial charge in [0.2, 0.25) is 0 Å². The monoisotopic (exact) mass is 555 g/mol. The lowest BCUT2D eigenvalue weighted by atomic mass is 10.1. The van der Waals surface area contributed by atoms with Gasteiger partial charge in [-0.1, -0.05) is 40.7 Å². The minimum absolute atomic E-state index is 0.261. The lowest BCUT2D eigenvalue weighted by Gasteiger charge is -2.12. The van der Waals surface area contributed by atoms with Crippen molar-refractivity contribution in [2.45, 2.75) is 6.54 Å². The Labute approximate surface area is 183 Å². The molecule has 0 N–H and O–H groups in total. The normalized spacial score (nSPS) is 15.5. The largest absolute Gasteiger partial charge is 0.489 e. The first-order valence-corrected chi connectivity index (χ1v) is 10.7. The molecule has 1 fully saturated rings. The van der Waals surface area contributed by atoms with Gasteiger partial charge in [-0.2, -0.15) is 0 Å². The Bertz CT molecular complexity index is 927. The molecule has 1 aliphatic rings. The first-order chi connectivity index (χ1) is 13.0. The van der Waals surface area contributed by atoms with E-state index in [0.29, 0.717) is 17.3 Å². The number of halogens is 2. The van der Waals surface area contributed by atoms with Gasteiger partial charge in [-0.3, -0.25) is 14.5 Å². The third kappa shape index (κ3) is 5.03. The van der Waals surface area contributed by atoms with Crippen LogP contribution >= 0.6 is 50.3 Å². The Morgan fingerprint density at radius 1 is 1.19 bits per heavy atom. The molecule has 2 aromatic rings. The third-order valence-electron chi connectivity index (χ3n) is 3.74. The van der Waals surface area contributed by atoms with Gasteiger partial charge in [-0.05, 0) is 76.3 Å². The molecular formula is C20H15BrINO3S. The zero-order valence-corrected chi connectivity index (χ0v) is 18.7. The summed E-state index contributed by atoms with van der Waals surface area (Å²) in [6.45, 7) is 4.26. The van der Waals surface area contributed by atoms with Crippen LogP contribution in [0.25, 0.3) is 6.08 Å². The molecule has 0 aromatic heterocycles. The molecule has 27 heavy (non-hydrogen) atoms. The molecule has 0 spiro atoms. The van der Waals surface area contributed by atoms with Crippen molar-refractivity contribution in [2.24, 2.45) is 0 Å². The predicted octanol–water partition coefficient (Wildman–Crippen LogP) is 5.86. The summed E-state index contributed by atoms with van der Waals surface area (Å²) in [7, 11) is 0. The summed E-state index contributed by atoms with van der Waals surface area (Å²) >= 11 is 6.59. The van der Waals surface area contributed by atoms with Gasteiger partial charge in [-0.25, -0.2) is 0 Å². The van der Waals surface area contributed by atoms with E-state index in [1.54, 1.807) is 12.2 Å². The van der Waals surface area contributed by atoms with Gasteiger partial charge in [0.25, 0.3) is 11.1 Å². The summed E-state index contributed by atoms with van der Waals surface area (Å²) in [5.74, 6) is 0.334. The zero-order valence-electron chi connectivity index (χ0n) is 14.2. The average Bonchev–Trinajstić information content (AvgIpc) is 2.90. The minimum Gasteiger partial charge on any atom is -0.489 e. The van der Waals surface area contributed by atoms with Crippen LogP contribution in [0.15, 0.2) is 64.5 Å². The van der Waals surface area contributed by atoms with Crippen LogP contribution in [0.1, 0.15) is 11.1 Å². The Morgan fingerprint density at radius 2 is 1.93 bits per heavy atom. The molecular weight excluding hydrogens is 541 g/mol. The van der Waals surface area contributed by atoms with Crippen LogP contribution in [0.2, 0.25) is 0 Å². The molecule has 4 nitrogen and oxygen atoms in total. The number of carbonyl (C=O) groups excluding carboxylic acids is 2. The molecule has 0 bridgehead atoms. The van der Waals surface area contributed by atoms with Crippen LogP contribution in [0, 0.1) is 3.57 Å². The van der Waals surface area contributed by atoms with E-state index in [1.807, 2.05) is 42.5 Å². The Hall–Kier alpha value is -1.58. The standard InChI is InChI=1S/C20H15BrINO3S/c1-2-9-26-17-8-5-15(21)10-14(17)11-18-19(24)23(20(25)27-18)12-13-3-6-16(22)7-4-13/h2-8,10-11H,1,9,12H2/b18-11-. The number of amides is 2. The van der Waals surface area contributed by atoms with Gasteiger partial charge in [0, 0.05) is 13.6 Å². The van der Waals surface area contributed by atoms with E-state index in [9.17, 15) is 9.59 Å². The van der Waals surface area contributed by atoms with Gasteiger partial charge >= 0.3 is 0 Å². The molecule has 2 aromatic carbocycles.